The molecule has 2 rings (SSSR count). The zero-order chi connectivity index (χ0) is 12.3. The lowest BCUT2D eigenvalue weighted by Gasteiger charge is -1.96. The lowest BCUT2D eigenvalue weighted by atomic mass is 10.3. The molecule has 1 N–H and O–H groups in total. The number of nitrogens with zero attached hydrogens (tertiary/aromatic N) is 4. The second kappa shape index (κ2) is 4.88. The van der Waals surface area contributed by atoms with Gasteiger partial charge in [-0.15, -0.1) is 5.10 Å². The predicted molar refractivity (Wildman–Crippen MR) is 57.3 cm³/mol. The first-order chi connectivity index (χ1) is 8.22. The van der Waals surface area contributed by atoms with Crippen molar-refractivity contribution >= 4 is 11.7 Å². The summed E-state index contributed by atoms with van der Waals surface area (Å²) < 4.78 is 6.02. The van der Waals surface area contributed by atoms with Gasteiger partial charge in [0, 0.05) is 19.0 Å². The maximum Gasteiger partial charge on any atom is 0.313 e. The SMILES string of the molecule is COC(=O)Cc1nc2ncc(CCO)cn2n1. The Labute approximate surface area is 97.1 Å². The Hall–Kier alpha value is -2.02. The molecule has 0 amide bonds. The highest BCUT2D eigenvalue weighted by molar-refractivity contribution is 5.71. The third-order valence-electron chi connectivity index (χ3n) is 2.22. The monoisotopic (exact) mass is 236 g/mol. The normalized spacial score (nSPS) is 10.7. The summed E-state index contributed by atoms with van der Waals surface area (Å²) in [6.07, 6.45) is 3.89. The van der Waals surface area contributed by atoms with Crippen molar-refractivity contribution in [1.29, 1.82) is 0 Å². The quantitative estimate of drug-likeness (QED) is 0.711. The molecule has 0 aromatic carbocycles. The number of aliphatic hydroxyl groups is 1. The van der Waals surface area contributed by atoms with Crippen molar-refractivity contribution in [3.8, 4) is 0 Å². The molecule has 0 fully saturated rings. The number of aliphatic hydroxyl groups excluding tert-OH is 1. The molecular weight excluding hydrogens is 224 g/mol. The van der Waals surface area contributed by atoms with Gasteiger partial charge in [-0.3, -0.25) is 4.79 Å². The molecule has 0 radical (unpaired) electrons. The molecule has 2 heterocycles. The third-order valence-corrected chi connectivity index (χ3v) is 2.22. The second-order valence-corrected chi connectivity index (χ2v) is 3.46. The van der Waals surface area contributed by atoms with Crippen LogP contribution in [0.25, 0.3) is 5.78 Å². The van der Waals surface area contributed by atoms with Gasteiger partial charge in [-0.05, 0) is 12.0 Å². The number of aromatic nitrogens is 4. The van der Waals surface area contributed by atoms with E-state index in [-0.39, 0.29) is 13.0 Å². The van der Waals surface area contributed by atoms with E-state index in [1.807, 2.05) is 0 Å². The molecule has 0 aliphatic rings. The number of fused-ring (bicyclic) bond motifs is 1. The largest absolute Gasteiger partial charge is 0.469 e. The highest BCUT2D eigenvalue weighted by Gasteiger charge is 2.10. The van der Waals surface area contributed by atoms with Crippen LogP contribution in [0.3, 0.4) is 0 Å². The first kappa shape index (κ1) is 11.5. The fourth-order valence-corrected chi connectivity index (χ4v) is 1.40. The van der Waals surface area contributed by atoms with Crippen LogP contribution >= 0.6 is 0 Å². The summed E-state index contributed by atoms with van der Waals surface area (Å²) >= 11 is 0. The Bertz CT molecular complexity index is 537. The van der Waals surface area contributed by atoms with Gasteiger partial charge >= 0.3 is 5.97 Å². The van der Waals surface area contributed by atoms with E-state index in [9.17, 15) is 4.79 Å². The van der Waals surface area contributed by atoms with Gasteiger partial charge in [0.15, 0.2) is 5.82 Å². The van der Waals surface area contributed by atoms with Crippen LogP contribution in [0.5, 0.6) is 0 Å². The summed E-state index contributed by atoms with van der Waals surface area (Å²) in [6, 6.07) is 0. The zero-order valence-electron chi connectivity index (χ0n) is 9.33. The number of ether oxygens (including phenoxy) is 1. The maximum absolute atomic E-state index is 11.1. The van der Waals surface area contributed by atoms with Crippen molar-refractivity contribution in [3.63, 3.8) is 0 Å². The van der Waals surface area contributed by atoms with Gasteiger partial charge in [0.1, 0.15) is 6.42 Å². The first-order valence-corrected chi connectivity index (χ1v) is 5.11. The van der Waals surface area contributed by atoms with E-state index in [1.165, 1.54) is 11.6 Å². The molecule has 0 spiro atoms. The van der Waals surface area contributed by atoms with Gasteiger partial charge in [-0.2, -0.15) is 4.98 Å². The van der Waals surface area contributed by atoms with Gasteiger partial charge in [0.25, 0.3) is 5.78 Å². The minimum atomic E-state index is -0.392. The molecule has 7 heteroatoms. The summed E-state index contributed by atoms with van der Waals surface area (Å²) in [5.74, 6) is 0.396. The Morgan fingerprint density at radius 2 is 2.41 bits per heavy atom. The molecule has 0 saturated heterocycles. The number of esters is 1. The zero-order valence-corrected chi connectivity index (χ0v) is 9.33. The minimum absolute atomic E-state index is 0.0230. The molecule has 0 saturated carbocycles. The average molecular weight is 236 g/mol. The summed E-state index contributed by atoms with van der Waals surface area (Å²) in [7, 11) is 1.32. The van der Waals surface area contributed by atoms with Gasteiger partial charge in [-0.25, -0.2) is 9.50 Å². The van der Waals surface area contributed by atoms with Gasteiger partial charge < -0.3 is 9.84 Å². The van der Waals surface area contributed by atoms with Crippen LogP contribution in [0.15, 0.2) is 12.4 Å². The van der Waals surface area contributed by atoms with Crippen molar-refractivity contribution in [3.05, 3.63) is 23.8 Å². The van der Waals surface area contributed by atoms with Crippen LogP contribution in [-0.4, -0.2) is 44.4 Å². The molecule has 90 valence electrons. The first-order valence-electron chi connectivity index (χ1n) is 5.11. The molecule has 7 nitrogen and oxygen atoms in total. The van der Waals surface area contributed by atoms with E-state index in [4.69, 9.17) is 5.11 Å². The summed E-state index contributed by atoms with van der Waals surface area (Å²) in [4.78, 5) is 19.2. The van der Waals surface area contributed by atoms with Crippen molar-refractivity contribution in [2.24, 2.45) is 0 Å². The molecule has 2 aromatic heterocycles. The van der Waals surface area contributed by atoms with Crippen LogP contribution < -0.4 is 0 Å². The topological polar surface area (TPSA) is 89.6 Å². The van der Waals surface area contributed by atoms with E-state index in [0.29, 0.717) is 18.0 Å². The van der Waals surface area contributed by atoms with Crippen LogP contribution in [0.1, 0.15) is 11.4 Å². The molecule has 0 unspecified atom stereocenters. The predicted octanol–water partition coefficient (Wildman–Crippen LogP) is -0.625. The fraction of sp³-hybridized carbons (Fsp3) is 0.400. The van der Waals surface area contributed by atoms with Crippen molar-refractivity contribution in [1.82, 2.24) is 19.6 Å². The Balaban J connectivity index is 2.27. The maximum atomic E-state index is 11.1. The summed E-state index contributed by atoms with van der Waals surface area (Å²) in [5, 5.41) is 12.9. The molecule has 0 atom stereocenters. The fourth-order valence-electron chi connectivity index (χ4n) is 1.40. The van der Waals surface area contributed by atoms with Crippen molar-refractivity contribution in [2.45, 2.75) is 12.8 Å². The van der Waals surface area contributed by atoms with E-state index in [2.05, 4.69) is 19.8 Å². The third kappa shape index (κ3) is 2.56. The number of carbonyl (C=O) groups is 1. The average Bonchev–Trinajstić information content (AvgIpc) is 2.70. The Morgan fingerprint density at radius 3 is 3.12 bits per heavy atom. The number of hydrogen-bond donors (Lipinski definition) is 1. The van der Waals surface area contributed by atoms with Gasteiger partial charge in [-0.1, -0.05) is 0 Å². The van der Waals surface area contributed by atoms with Crippen LogP contribution in [-0.2, 0) is 22.4 Å². The molecule has 2 aromatic rings. The minimum Gasteiger partial charge on any atom is -0.469 e. The van der Waals surface area contributed by atoms with E-state index in [1.54, 1.807) is 12.4 Å². The molecule has 0 aliphatic carbocycles. The highest BCUT2D eigenvalue weighted by atomic mass is 16.5. The molecule has 17 heavy (non-hydrogen) atoms. The van der Waals surface area contributed by atoms with Gasteiger partial charge in [0.2, 0.25) is 0 Å². The second-order valence-electron chi connectivity index (χ2n) is 3.46. The molecular formula is C10H12N4O3. The summed E-state index contributed by atoms with van der Waals surface area (Å²) in [5.41, 5.74) is 0.856. The lowest BCUT2D eigenvalue weighted by molar-refractivity contribution is -0.139. The van der Waals surface area contributed by atoms with E-state index in [0.717, 1.165) is 5.56 Å². The Morgan fingerprint density at radius 1 is 1.59 bits per heavy atom. The number of carbonyl (C=O) groups excluding carboxylic acids is 1. The van der Waals surface area contributed by atoms with Crippen LogP contribution in [0, 0.1) is 0 Å². The van der Waals surface area contributed by atoms with Crippen molar-refractivity contribution in [2.75, 3.05) is 13.7 Å². The number of methoxy groups -OCH3 is 1. The molecule has 0 aliphatic heterocycles. The highest BCUT2D eigenvalue weighted by Crippen LogP contribution is 2.03. The standard InChI is InChI=1S/C10H12N4O3/c1-17-9(16)4-8-12-10-11-5-7(2-3-15)6-14(10)13-8/h5-6,15H,2-4H2,1H3. The van der Waals surface area contributed by atoms with Gasteiger partial charge in [0.05, 0.1) is 7.11 Å². The molecule has 0 bridgehead atoms. The van der Waals surface area contributed by atoms with E-state index < -0.39 is 5.97 Å². The number of rotatable bonds is 4. The lowest BCUT2D eigenvalue weighted by Crippen LogP contribution is -2.06. The van der Waals surface area contributed by atoms with Crippen molar-refractivity contribution < 1.29 is 14.6 Å². The number of hydrogen-bond acceptors (Lipinski definition) is 6. The Kier molecular flexibility index (Phi) is 3.29. The summed E-state index contributed by atoms with van der Waals surface area (Å²) in [6.45, 7) is 0.0525. The van der Waals surface area contributed by atoms with E-state index >= 15 is 0 Å². The smallest absolute Gasteiger partial charge is 0.313 e. The van der Waals surface area contributed by atoms with Crippen LogP contribution in [0.2, 0.25) is 0 Å². The van der Waals surface area contributed by atoms with Crippen LogP contribution in [0.4, 0.5) is 0 Å².